The first-order valence-corrected chi connectivity index (χ1v) is 18.0. The number of hydrogen-bond acceptors (Lipinski definition) is 4. The van der Waals surface area contributed by atoms with E-state index in [9.17, 15) is 0 Å². The quantitative estimate of drug-likeness (QED) is 0.122. The molecule has 46 heavy (non-hydrogen) atoms. The number of allylic oxidation sites excluding steroid dienone is 6. The van der Waals surface area contributed by atoms with Gasteiger partial charge in [0.1, 0.15) is 0 Å². The lowest BCUT2D eigenvalue weighted by molar-refractivity contribution is 1.11. The Bertz CT molecular complexity index is 1960. The molecule has 4 nitrogen and oxygen atoms in total. The highest BCUT2D eigenvalue weighted by molar-refractivity contribution is 8.40. The van der Waals surface area contributed by atoms with E-state index in [4.69, 9.17) is 9.98 Å². The molecule has 0 saturated heterocycles. The normalized spacial score (nSPS) is 15.9. The zero-order chi connectivity index (χ0) is 31.9. The molecule has 0 spiro atoms. The second-order valence-corrected chi connectivity index (χ2v) is 15.5. The summed E-state index contributed by atoms with van der Waals surface area (Å²) < 4.78 is 0. The minimum absolute atomic E-state index is 0.752. The van der Waals surface area contributed by atoms with Crippen molar-refractivity contribution in [1.82, 2.24) is 15.0 Å². The molecule has 0 N–H and O–H groups in total. The summed E-state index contributed by atoms with van der Waals surface area (Å²) in [5.74, 6) is 0.845. The number of hydrogen-bond donors (Lipinski definition) is 0. The molecule has 3 aromatic heterocycles. The molecule has 2 aromatic carbocycles. The molecule has 228 valence electrons. The molecule has 0 aliphatic carbocycles. The molecular weight excluding hydrogens is 581 g/mol. The summed E-state index contributed by atoms with van der Waals surface area (Å²) in [6.07, 6.45) is 13.5. The maximum Gasteiger partial charge on any atom is 0.0893 e. The number of rotatable bonds is 9. The molecule has 0 radical (unpaired) electrons. The van der Waals surface area contributed by atoms with Crippen LogP contribution in [0.15, 0.2) is 162 Å². The van der Waals surface area contributed by atoms with Crippen LogP contribution in [0.5, 0.6) is 0 Å². The van der Waals surface area contributed by atoms with Crippen LogP contribution in [0.1, 0.15) is 29.4 Å². The van der Waals surface area contributed by atoms with E-state index in [1.54, 1.807) is 0 Å². The fourth-order valence-electron chi connectivity index (χ4n) is 6.08. The largest absolute Gasteiger partial charge is 0.264 e. The van der Waals surface area contributed by atoms with Crippen LogP contribution < -0.4 is 0 Å². The van der Waals surface area contributed by atoms with Crippen molar-refractivity contribution < 1.29 is 0 Å². The van der Waals surface area contributed by atoms with Crippen molar-refractivity contribution in [2.24, 2.45) is 4.99 Å². The van der Waals surface area contributed by atoms with E-state index in [2.05, 4.69) is 127 Å². The third kappa shape index (κ3) is 6.60. The predicted molar refractivity (Wildman–Crippen MR) is 198 cm³/mol. The summed E-state index contributed by atoms with van der Waals surface area (Å²) in [5.41, 5.74) is 11.7. The average Bonchev–Trinajstić information content (AvgIpc) is 3.09. The van der Waals surface area contributed by atoms with E-state index in [0.717, 1.165) is 57.3 Å². The lowest BCUT2D eigenvalue weighted by Gasteiger charge is -2.42. The summed E-state index contributed by atoms with van der Waals surface area (Å²) >= 11 is 0. The van der Waals surface area contributed by atoms with E-state index in [1.165, 1.54) is 21.6 Å². The molecule has 1 aliphatic rings. The summed E-state index contributed by atoms with van der Waals surface area (Å²) in [6.45, 7) is 6.24. The first kappa shape index (κ1) is 30.9. The zero-order valence-electron chi connectivity index (χ0n) is 26.6. The molecule has 4 heterocycles. The van der Waals surface area contributed by atoms with Gasteiger partial charge in [-0.3, -0.25) is 15.0 Å². The summed E-state index contributed by atoms with van der Waals surface area (Å²) in [4.78, 5) is 20.4. The minimum atomic E-state index is -1.43. The van der Waals surface area contributed by atoms with E-state index in [0.29, 0.717) is 0 Å². The first-order valence-electron chi connectivity index (χ1n) is 15.4. The Morgan fingerprint density at radius 2 is 1.33 bits per heavy atom. The van der Waals surface area contributed by atoms with Crippen LogP contribution in [0, 0.1) is 0 Å². The second kappa shape index (κ2) is 13.9. The summed E-state index contributed by atoms with van der Waals surface area (Å²) in [5, 5.41) is 0. The van der Waals surface area contributed by atoms with Crippen molar-refractivity contribution in [1.29, 1.82) is 0 Å². The summed E-state index contributed by atoms with van der Waals surface area (Å²) in [6, 6.07) is 39.7. The van der Waals surface area contributed by atoms with Crippen LogP contribution in [0.2, 0.25) is 0 Å². The maximum atomic E-state index is 5.27. The van der Waals surface area contributed by atoms with Crippen molar-refractivity contribution in [2.75, 3.05) is 18.3 Å². The molecule has 0 saturated carbocycles. The molecule has 5 aromatic rings. The van der Waals surface area contributed by atoms with E-state index in [-0.39, 0.29) is 0 Å². The number of aromatic nitrogens is 3. The third-order valence-electron chi connectivity index (χ3n) is 8.11. The minimum Gasteiger partial charge on any atom is -0.264 e. The van der Waals surface area contributed by atoms with Gasteiger partial charge >= 0.3 is 0 Å². The van der Waals surface area contributed by atoms with Crippen LogP contribution in [0.3, 0.4) is 0 Å². The Morgan fingerprint density at radius 3 is 1.96 bits per heavy atom. The van der Waals surface area contributed by atoms with Crippen LogP contribution in [-0.2, 0) is 6.42 Å². The molecular formula is C41H38N4S. The Morgan fingerprint density at radius 1 is 0.717 bits per heavy atom. The van der Waals surface area contributed by atoms with Crippen molar-refractivity contribution in [3.63, 3.8) is 0 Å². The zero-order valence-corrected chi connectivity index (χ0v) is 27.4. The van der Waals surface area contributed by atoms with E-state index < -0.39 is 10.0 Å². The molecule has 0 atom stereocenters. The highest BCUT2D eigenvalue weighted by Crippen LogP contribution is 2.64. The van der Waals surface area contributed by atoms with E-state index >= 15 is 0 Å². The fraction of sp³-hybridized carbons (Fsp3) is 0.122. The van der Waals surface area contributed by atoms with Crippen LogP contribution in [0.25, 0.3) is 27.4 Å². The van der Waals surface area contributed by atoms with Gasteiger partial charge in [0, 0.05) is 40.7 Å². The molecule has 1 aliphatic heterocycles. The van der Waals surface area contributed by atoms with Gasteiger partial charge in [0.25, 0.3) is 0 Å². The number of pyridine rings is 3. The summed E-state index contributed by atoms with van der Waals surface area (Å²) in [7, 11) is -1.43. The predicted octanol–water partition coefficient (Wildman–Crippen LogP) is 9.71. The highest BCUT2D eigenvalue weighted by atomic mass is 32.3. The van der Waals surface area contributed by atoms with Crippen molar-refractivity contribution in [3.8, 4) is 11.4 Å². The van der Waals surface area contributed by atoms with Crippen LogP contribution in [0.4, 0.5) is 0 Å². The van der Waals surface area contributed by atoms with Gasteiger partial charge in [-0.15, -0.1) is 0 Å². The van der Waals surface area contributed by atoms with Gasteiger partial charge in [0.05, 0.1) is 22.8 Å². The molecule has 0 amide bonds. The number of benzene rings is 2. The molecule has 0 unspecified atom stereocenters. The molecule has 0 fully saturated rings. The molecule has 0 bridgehead atoms. The smallest absolute Gasteiger partial charge is 0.0893 e. The lowest BCUT2D eigenvalue weighted by atomic mass is 9.86. The van der Waals surface area contributed by atoms with Crippen molar-refractivity contribution in [2.45, 2.75) is 13.3 Å². The SMILES string of the molecule is C=N/C(C1=C(c2ccccc2)C(c2ccccc2)=C(c2cccc(-c3ccccn3)n2)S(C)(C)C1)=C(C)\C=C/Cc1ccccn1. The van der Waals surface area contributed by atoms with Crippen molar-refractivity contribution in [3.05, 3.63) is 179 Å². The highest BCUT2D eigenvalue weighted by Gasteiger charge is 2.36. The topological polar surface area (TPSA) is 51.0 Å². The Labute approximate surface area is 274 Å². The lowest BCUT2D eigenvalue weighted by Crippen LogP contribution is -2.18. The number of nitrogens with zero attached hydrogens (tertiary/aromatic N) is 4. The van der Waals surface area contributed by atoms with Crippen molar-refractivity contribution >= 4 is 32.8 Å². The molecule has 6 rings (SSSR count). The molecule has 5 heteroatoms. The Kier molecular flexibility index (Phi) is 9.32. The monoisotopic (exact) mass is 618 g/mol. The number of aliphatic imine (C=N–C) groups is 1. The average molecular weight is 619 g/mol. The third-order valence-corrected chi connectivity index (χ3v) is 10.6. The van der Waals surface area contributed by atoms with Gasteiger partial charge in [0.2, 0.25) is 0 Å². The second-order valence-electron chi connectivity index (χ2n) is 11.7. The van der Waals surface area contributed by atoms with Gasteiger partial charge < -0.3 is 0 Å². The van der Waals surface area contributed by atoms with Gasteiger partial charge in [-0.1, -0.05) is 91.0 Å². The van der Waals surface area contributed by atoms with E-state index in [1.807, 2.05) is 48.8 Å². The van der Waals surface area contributed by atoms with Gasteiger partial charge in [-0.05, 0) is 90.4 Å². The van der Waals surface area contributed by atoms with Crippen LogP contribution in [-0.4, -0.2) is 39.9 Å². The maximum absolute atomic E-state index is 5.27. The Hall–Kier alpha value is -5.13. The van der Waals surface area contributed by atoms with Gasteiger partial charge in [-0.2, -0.15) is 0 Å². The van der Waals surface area contributed by atoms with Crippen LogP contribution >= 0.6 is 10.0 Å². The first-order chi connectivity index (χ1) is 22.5. The standard InChI is InChI=1S/C41H38N4S/c1-30(17-15-23-33-22-11-13-27-43-33)40(42-2)34-29-46(3,4)41(37-26-16-25-36(45-37)35-24-12-14-28-44-35)39(32-20-9-6-10-21-32)38(34)31-18-7-5-8-19-31/h5-22,24-28H,2,23,29H2,1,3-4H3/b17-15-,40-30-. The fourth-order valence-corrected chi connectivity index (χ4v) is 8.68. The van der Waals surface area contributed by atoms with Gasteiger partial charge in [0.15, 0.2) is 0 Å². The van der Waals surface area contributed by atoms with Gasteiger partial charge in [-0.25, -0.2) is 15.0 Å². The Balaban J connectivity index is 1.62.